The number of nitro groups is 1. The Bertz CT molecular complexity index is 826. The largest absolute Gasteiger partial charge is 0.482 e. The molecule has 0 aromatic heterocycles. The molecule has 0 aliphatic heterocycles. The van der Waals surface area contributed by atoms with Gasteiger partial charge in [0.05, 0.1) is 9.40 Å². The average molecular weight is 407 g/mol. The molecule has 0 aliphatic carbocycles. The van der Waals surface area contributed by atoms with Crippen LogP contribution in [0.15, 0.2) is 28.7 Å². The van der Waals surface area contributed by atoms with Crippen LogP contribution in [0.5, 0.6) is 5.75 Å². The molecular weight excluding hydrogens is 388 g/mol. The van der Waals surface area contributed by atoms with Crippen molar-refractivity contribution in [1.82, 2.24) is 0 Å². The number of hydrogen-bond acceptors (Lipinski definition) is 4. The van der Waals surface area contributed by atoms with E-state index >= 15 is 0 Å². The minimum atomic E-state index is -0.510. The van der Waals surface area contributed by atoms with E-state index in [0.717, 1.165) is 21.2 Å². The lowest BCUT2D eigenvalue weighted by Crippen LogP contribution is -2.22. The monoisotopic (exact) mass is 406 g/mol. The maximum absolute atomic E-state index is 12.2. The van der Waals surface area contributed by atoms with Gasteiger partial charge >= 0.3 is 0 Å². The fraction of sp³-hybridized carbons (Fsp3) is 0.278. The first-order valence-electron chi connectivity index (χ1n) is 7.64. The third-order valence-corrected chi connectivity index (χ3v) is 4.49. The number of carbonyl (C=O) groups excluding carboxylic acids is 1. The Hall–Kier alpha value is -2.41. The number of rotatable bonds is 5. The fourth-order valence-corrected chi connectivity index (χ4v) is 3.30. The first kappa shape index (κ1) is 18.9. The zero-order valence-corrected chi connectivity index (χ0v) is 16.1. The molecule has 1 amide bonds. The van der Waals surface area contributed by atoms with Gasteiger partial charge in [-0.1, -0.05) is 12.1 Å². The van der Waals surface area contributed by atoms with Gasteiger partial charge in [-0.2, -0.15) is 0 Å². The molecule has 0 saturated heterocycles. The van der Waals surface area contributed by atoms with Crippen LogP contribution < -0.4 is 10.1 Å². The molecule has 0 bridgehead atoms. The van der Waals surface area contributed by atoms with E-state index in [2.05, 4.69) is 21.2 Å². The summed E-state index contributed by atoms with van der Waals surface area (Å²) in [5, 5.41) is 13.8. The lowest BCUT2D eigenvalue weighted by molar-refractivity contribution is -0.384. The second-order valence-corrected chi connectivity index (χ2v) is 6.74. The minimum absolute atomic E-state index is 0.135. The fourth-order valence-electron chi connectivity index (χ4n) is 2.51. The van der Waals surface area contributed by atoms with Gasteiger partial charge < -0.3 is 10.1 Å². The number of nitro benzene ring substituents is 1. The highest BCUT2D eigenvalue weighted by molar-refractivity contribution is 9.10. The van der Waals surface area contributed by atoms with E-state index in [-0.39, 0.29) is 18.0 Å². The Labute approximate surface area is 154 Å². The zero-order valence-electron chi connectivity index (χ0n) is 14.5. The number of carbonyl (C=O) groups is 1. The molecule has 0 fully saturated rings. The van der Waals surface area contributed by atoms with E-state index in [4.69, 9.17) is 4.74 Å². The Balaban J connectivity index is 2.17. The number of hydrogen-bond donors (Lipinski definition) is 1. The van der Waals surface area contributed by atoms with Gasteiger partial charge in [-0.3, -0.25) is 14.9 Å². The number of nitrogens with one attached hydrogen (secondary N) is 1. The van der Waals surface area contributed by atoms with Gasteiger partial charge in [0, 0.05) is 6.07 Å². The topological polar surface area (TPSA) is 81.5 Å². The van der Waals surface area contributed by atoms with Gasteiger partial charge in [-0.15, -0.1) is 0 Å². The molecule has 0 aliphatic rings. The number of amides is 1. The Morgan fingerprint density at radius 1 is 1.20 bits per heavy atom. The minimum Gasteiger partial charge on any atom is -0.482 e. The van der Waals surface area contributed by atoms with Gasteiger partial charge in [0.15, 0.2) is 6.61 Å². The van der Waals surface area contributed by atoms with Crippen molar-refractivity contribution >= 4 is 33.2 Å². The molecule has 25 heavy (non-hydrogen) atoms. The van der Waals surface area contributed by atoms with Crippen molar-refractivity contribution in [1.29, 1.82) is 0 Å². The summed E-state index contributed by atoms with van der Waals surface area (Å²) in [6.07, 6.45) is 0. The second-order valence-electron chi connectivity index (χ2n) is 5.89. The molecule has 6 nitrogen and oxygen atoms in total. The smallest absolute Gasteiger partial charge is 0.293 e. The Kier molecular flexibility index (Phi) is 5.79. The number of nitrogens with zero attached hydrogens (tertiary/aromatic N) is 1. The van der Waals surface area contributed by atoms with Gasteiger partial charge in [-0.25, -0.2) is 0 Å². The first-order chi connectivity index (χ1) is 11.7. The standard InChI is InChI=1S/C18H19BrN2O4/c1-10-7-12(3)18(14(19)8-10)25-9-16(22)20-17-13(4)11(2)5-6-15(17)21(23)24/h5-8H,9H2,1-4H3,(H,20,22). The molecule has 0 unspecified atom stereocenters. The Morgan fingerprint density at radius 2 is 1.88 bits per heavy atom. The van der Waals surface area contributed by atoms with Crippen LogP contribution in [-0.4, -0.2) is 17.4 Å². The maximum Gasteiger partial charge on any atom is 0.293 e. The second kappa shape index (κ2) is 7.65. The average Bonchev–Trinajstić information content (AvgIpc) is 2.50. The van der Waals surface area contributed by atoms with Crippen LogP contribution in [0.3, 0.4) is 0 Å². The van der Waals surface area contributed by atoms with Crippen molar-refractivity contribution in [3.63, 3.8) is 0 Å². The molecule has 0 atom stereocenters. The van der Waals surface area contributed by atoms with Crippen molar-refractivity contribution in [2.24, 2.45) is 0 Å². The zero-order chi connectivity index (χ0) is 18.7. The van der Waals surface area contributed by atoms with E-state index < -0.39 is 10.8 Å². The molecule has 1 N–H and O–H groups in total. The van der Waals surface area contributed by atoms with Crippen molar-refractivity contribution in [3.05, 3.63) is 61.1 Å². The summed E-state index contributed by atoms with van der Waals surface area (Å²) in [5.41, 5.74) is 3.57. The summed E-state index contributed by atoms with van der Waals surface area (Å²) < 4.78 is 6.36. The van der Waals surface area contributed by atoms with Crippen molar-refractivity contribution in [2.45, 2.75) is 27.7 Å². The van der Waals surface area contributed by atoms with E-state index in [0.29, 0.717) is 11.3 Å². The van der Waals surface area contributed by atoms with E-state index in [1.54, 1.807) is 13.0 Å². The van der Waals surface area contributed by atoms with Crippen LogP contribution in [0.4, 0.5) is 11.4 Å². The highest BCUT2D eigenvalue weighted by Crippen LogP contribution is 2.31. The molecule has 2 aromatic carbocycles. The van der Waals surface area contributed by atoms with Gasteiger partial charge in [-0.05, 0) is 71.9 Å². The van der Waals surface area contributed by atoms with Crippen LogP contribution >= 0.6 is 15.9 Å². The van der Waals surface area contributed by atoms with E-state index in [1.807, 2.05) is 32.9 Å². The van der Waals surface area contributed by atoms with Crippen molar-refractivity contribution in [3.8, 4) is 5.75 Å². The van der Waals surface area contributed by atoms with Gasteiger partial charge in [0.25, 0.3) is 11.6 Å². The van der Waals surface area contributed by atoms with Crippen LogP contribution in [-0.2, 0) is 4.79 Å². The normalized spacial score (nSPS) is 10.4. The highest BCUT2D eigenvalue weighted by atomic mass is 79.9. The molecule has 132 valence electrons. The molecule has 0 saturated carbocycles. The van der Waals surface area contributed by atoms with Crippen LogP contribution in [0.2, 0.25) is 0 Å². The summed E-state index contributed by atoms with van der Waals surface area (Å²) >= 11 is 3.42. The predicted molar refractivity (Wildman–Crippen MR) is 100 cm³/mol. The molecular formula is C18H19BrN2O4. The number of ether oxygens (including phenoxy) is 1. The molecule has 0 heterocycles. The Morgan fingerprint density at radius 3 is 2.48 bits per heavy atom. The SMILES string of the molecule is Cc1cc(C)c(OCC(=O)Nc2c([N+](=O)[O-])ccc(C)c2C)c(Br)c1. The number of anilines is 1. The quantitative estimate of drug-likeness (QED) is 0.580. The summed E-state index contributed by atoms with van der Waals surface area (Å²) in [5.74, 6) is 0.125. The molecule has 2 rings (SSSR count). The first-order valence-corrected chi connectivity index (χ1v) is 8.44. The number of aryl methyl sites for hydroxylation is 3. The summed E-state index contributed by atoms with van der Waals surface area (Å²) in [7, 11) is 0. The predicted octanol–water partition coefficient (Wildman–Crippen LogP) is 4.61. The number of halogens is 1. The molecule has 0 radical (unpaired) electrons. The van der Waals surface area contributed by atoms with Crippen LogP contribution in [0.1, 0.15) is 22.3 Å². The summed E-state index contributed by atoms with van der Waals surface area (Å²) in [6.45, 7) is 7.18. The molecule has 0 spiro atoms. The number of benzene rings is 2. The summed E-state index contributed by atoms with van der Waals surface area (Å²) in [4.78, 5) is 22.9. The van der Waals surface area contributed by atoms with E-state index in [1.165, 1.54) is 6.07 Å². The van der Waals surface area contributed by atoms with Gasteiger partial charge in [0.2, 0.25) is 0 Å². The summed E-state index contributed by atoms with van der Waals surface area (Å²) in [6, 6.07) is 6.90. The molecule has 7 heteroatoms. The van der Waals surface area contributed by atoms with Gasteiger partial charge in [0.1, 0.15) is 11.4 Å². The third kappa shape index (κ3) is 4.36. The molecule has 2 aromatic rings. The van der Waals surface area contributed by atoms with Crippen molar-refractivity contribution in [2.75, 3.05) is 11.9 Å². The third-order valence-electron chi connectivity index (χ3n) is 3.90. The lowest BCUT2D eigenvalue weighted by Gasteiger charge is -2.14. The lowest BCUT2D eigenvalue weighted by atomic mass is 10.1. The maximum atomic E-state index is 12.2. The van der Waals surface area contributed by atoms with Crippen LogP contribution in [0, 0.1) is 37.8 Å². The van der Waals surface area contributed by atoms with E-state index in [9.17, 15) is 14.9 Å². The van der Waals surface area contributed by atoms with Crippen LogP contribution in [0.25, 0.3) is 0 Å². The highest BCUT2D eigenvalue weighted by Gasteiger charge is 2.20. The van der Waals surface area contributed by atoms with Crippen molar-refractivity contribution < 1.29 is 14.5 Å².